The van der Waals surface area contributed by atoms with E-state index in [0.717, 1.165) is 10.4 Å². The molecule has 0 N–H and O–H groups in total. The minimum absolute atomic E-state index is 0.518. The first kappa shape index (κ1) is 10.8. The fourth-order valence-electron chi connectivity index (χ4n) is 1.24. The topological polar surface area (TPSA) is 44.2 Å². The van der Waals surface area contributed by atoms with Gasteiger partial charge in [0.1, 0.15) is 17.0 Å². The highest BCUT2D eigenvalue weighted by molar-refractivity contribution is 9.10. The van der Waals surface area contributed by atoms with Crippen molar-refractivity contribution in [1.29, 1.82) is 0 Å². The van der Waals surface area contributed by atoms with Gasteiger partial charge in [-0.25, -0.2) is 4.98 Å². The van der Waals surface area contributed by atoms with Crippen LogP contribution in [-0.4, -0.2) is 30.3 Å². The summed E-state index contributed by atoms with van der Waals surface area (Å²) in [6, 6.07) is 1.78. The van der Waals surface area contributed by atoms with Gasteiger partial charge in [0.05, 0.1) is 6.61 Å². The first-order chi connectivity index (χ1) is 7.29. The Balaban J connectivity index is 2.02. The Morgan fingerprint density at radius 2 is 2.20 bits per heavy atom. The van der Waals surface area contributed by atoms with Gasteiger partial charge in [-0.05, 0) is 28.8 Å². The van der Waals surface area contributed by atoms with Gasteiger partial charge in [-0.1, -0.05) is 0 Å². The molecule has 1 saturated carbocycles. The maximum absolute atomic E-state index is 5.44. The summed E-state index contributed by atoms with van der Waals surface area (Å²) in [5, 5.41) is 0. The van der Waals surface area contributed by atoms with Gasteiger partial charge in [-0.15, -0.1) is 0 Å². The minimum Gasteiger partial charge on any atom is -0.475 e. The molecule has 1 aromatic rings. The minimum atomic E-state index is 0.518. The van der Waals surface area contributed by atoms with E-state index < -0.39 is 0 Å². The molecule has 1 fully saturated rings. The van der Waals surface area contributed by atoms with E-state index in [1.807, 2.05) is 0 Å². The fraction of sp³-hybridized carbons (Fsp3) is 0.600. The Kier molecular flexibility index (Phi) is 3.53. The van der Waals surface area contributed by atoms with E-state index in [4.69, 9.17) is 9.47 Å². The molecule has 82 valence electrons. The van der Waals surface area contributed by atoms with E-state index in [-0.39, 0.29) is 0 Å². The zero-order valence-corrected chi connectivity index (χ0v) is 10.2. The van der Waals surface area contributed by atoms with Crippen LogP contribution in [0.3, 0.4) is 0 Å². The van der Waals surface area contributed by atoms with Gasteiger partial charge in [0.2, 0.25) is 5.88 Å². The lowest BCUT2D eigenvalue weighted by molar-refractivity contribution is 0.143. The lowest BCUT2D eigenvalue weighted by atomic mass is 10.4. The molecule has 4 nitrogen and oxygen atoms in total. The number of rotatable bonds is 5. The summed E-state index contributed by atoms with van der Waals surface area (Å²) in [4.78, 5) is 8.67. The molecule has 5 heteroatoms. The molecule has 0 aromatic carbocycles. The number of halogens is 1. The van der Waals surface area contributed by atoms with Crippen molar-refractivity contribution in [3.8, 4) is 5.88 Å². The van der Waals surface area contributed by atoms with Crippen molar-refractivity contribution in [2.24, 2.45) is 0 Å². The largest absolute Gasteiger partial charge is 0.475 e. The Hall–Kier alpha value is -0.680. The predicted octanol–water partition coefficient (Wildman–Crippen LogP) is 2.14. The van der Waals surface area contributed by atoms with Gasteiger partial charge in [-0.2, -0.15) is 4.98 Å². The Morgan fingerprint density at radius 3 is 2.87 bits per heavy atom. The lowest BCUT2D eigenvalue weighted by Gasteiger charge is -2.06. The number of nitrogens with zero attached hydrogens (tertiary/aromatic N) is 2. The van der Waals surface area contributed by atoms with Crippen molar-refractivity contribution >= 4 is 15.9 Å². The molecule has 1 heterocycles. The van der Waals surface area contributed by atoms with E-state index in [2.05, 4.69) is 25.9 Å². The van der Waals surface area contributed by atoms with Crippen molar-refractivity contribution in [3.05, 3.63) is 16.5 Å². The Labute approximate surface area is 97.1 Å². The molecule has 0 spiro atoms. The van der Waals surface area contributed by atoms with Gasteiger partial charge in [-0.3, -0.25) is 0 Å². The van der Waals surface area contributed by atoms with Gasteiger partial charge in [0.25, 0.3) is 0 Å². The molecule has 0 unspecified atom stereocenters. The molecular weight excluding hydrogens is 260 g/mol. The van der Waals surface area contributed by atoms with Gasteiger partial charge >= 0.3 is 0 Å². The highest BCUT2D eigenvalue weighted by Crippen LogP contribution is 2.38. The molecule has 15 heavy (non-hydrogen) atoms. The van der Waals surface area contributed by atoms with Crippen molar-refractivity contribution in [3.63, 3.8) is 0 Å². The van der Waals surface area contributed by atoms with E-state index >= 15 is 0 Å². The summed E-state index contributed by atoms with van der Waals surface area (Å²) >= 11 is 3.36. The third kappa shape index (κ3) is 3.14. The van der Waals surface area contributed by atoms with Gasteiger partial charge < -0.3 is 9.47 Å². The first-order valence-electron chi connectivity index (χ1n) is 4.96. The summed E-state index contributed by atoms with van der Waals surface area (Å²) in [5.74, 6) is 2.04. The molecule has 1 aromatic heterocycles. The normalized spacial score (nSPS) is 15.3. The highest BCUT2D eigenvalue weighted by Gasteiger charge is 2.27. The van der Waals surface area contributed by atoms with Crippen molar-refractivity contribution < 1.29 is 9.47 Å². The third-order valence-electron chi connectivity index (χ3n) is 2.17. The number of aromatic nitrogens is 2. The summed E-state index contributed by atoms with van der Waals surface area (Å²) < 4.78 is 11.1. The standard InChI is InChI=1S/C10H13BrN2O2/c1-14-4-5-15-9-6-8(11)12-10(13-9)7-2-3-7/h6-7H,2-5H2,1H3. The van der Waals surface area contributed by atoms with Crippen molar-refractivity contribution in [2.45, 2.75) is 18.8 Å². The molecule has 2 rings (SSSR count). The van der Waals surface area contributed by atoms with Crippen LogP contribution >= 0.6 is 15.9 Å². The van der Waals surface area contributed by atoms with Crippen LogP contribution in [0, 0.1) is 0 Å². The van der Waals surface area contributed by atoms with Crippen LogP contribution < -0.4 is 4.74 Å². The number of methoxy groups -OCH3 is 1. The van der Waals surface area contributed by atoms with Gasteiger partial charge in [0, 0.05) is 19.1 Å². The molecule has 1 aliphatic carbocycles. The van der Waals surface area contributed by atoms with Crippen molar-refractivity contribution in [2.75, 3.05) is 20.3 Å². The molecule has 0 bridgehead atoms. The predicted molar refractivity (Wildman–Crippen MR) is 59.1 cm³/mol. The monoisotopic (exact) mass is 272 g/mol. The lowest BCUT2D eigenvalue weighted by Crippen LogP contribution is -2.06. The smallest absolute Gasteiger partial charge is 0.217 e. The van der Waals surface area contributed by atoms with E-state index in [9.17, 15) is 0 Å². The molecule has 0 amide bonds. The summed E-state index contributed by atoms with van der Waals surface area (Å²) in [6.07, 6.45) is 2.38. The van der Waals surface area contributed by atoms with Crippen LogP contribution in [0.2, 0.25) is 0 Å². The molecule has 0 atom stereocenters. The Morgan fingerprint density at radius 1 is 1.40 bits per heavy atom. The second kappa shape index (κ2) is 4.90. The average Bonchev–Trinajstić information content (AvgIpc) is 3.00. The number of hydrogen-bond donors (Lipinski definition) is 0. The third-order valence-corrected chi connectivity index (χ3v) is 2.57. The molecule has 1 aliphatic rings. The maximum atomic E-state index is 5.44. The van der Waals surface area contributed by atoms with Crippen molar-refractivity contribution in [1.82, 2.24) is 9.97 Å². The maximum Gasteiger partial charge on any atom is 0.217 e. The quantitative estimate of drug-likeness (QED) is 0.609. The number of hydrogen-bond acceptors (Lipinski definition) is 4. The first-order valence-corrected chi connectivity index (χ1v) is 5.75. The van der Waals surface area contributed by atoms with E-state index in [0.29, 0.717) is 25.0 Å². The second-order valence-corrected chi connectivity index (χ2v) is 4.32. The summed E-state index contributed by atoms with van der Waals surface area (Å²) in [6.45, 7) is 1.09. The molecular formula is C10H13BrN2O2. The van der Waals surface area contributed by atoms with Crippen LogP contribution in [-0.2, 0) is 4.74 Å². The van der Waals surface area contributed by atoms with E-state index in [1.54, 1.807) is 13.2 Å². The number of ether oxygens (including phenoxy) is 2. The average molecular weight is 273 g/mol. The molecule has 0 aliphatic heterocycles. The van der Waals surface area contributed by atoms with Crippen LogP contribution in [0.25, 0.3) is 0 Å². The molecule has 0 radical (unpaired) electrons. The highest BCUT2D eigenvalue weighted by atomic mass is 79.9. The SMILES string of the molecule is COCCOc1cc(Br)nc(C2CC2)n1. The van der Waals surface area contributed by atoms with Crippen LogP contribution in [0.4, 0.5) is 0 Å². The zero-order valence-electron chi connectivity index (χ0n) is 8.57. The van der Waals surface area contributed by atoms with Crippen LogP contribution in [0.1, 0.15) is 24.6 Å². The fourth-order valence-corrected chi connectivity index (χ4v) is 1.62. The second-order valence-electron chi connectivity index (χ2n) is 3.50. The van der Waals surface area contributed by atoms with Crippen LogP contribution in [0.15, 0.2) is 10.7 Å². The van der Waals surface area contributed by atoms with Crippen LogP contribution in [0.5, 0.6) is 5.88 Å². The zero-order chi connectivity index (χ0) is 10.7. The summed E-state index contributed by atoms with van der Waals surface area (Å²) in [5.41, 5.74) is 0. The Bertz CT molecular complexity index is 342. The van der Waals surface area contributed by atoms with E-state index in [1.165, 1.54) is 12.8 Å². The van der Waals surface area contributed by atoms with Gasteiger partial charge in [0.15, 0.2) is 0 Å². The summed E-state index contributed by atoms with van der Waals surface area (Å²) in [7, 11) is 1.65. The molecule has 0 saturated heterocycles.